The zero-order valence-corrected chi connectivity index (χ0v) is 16.3. The Morgan fingerprint density at radius 1 is 1.21 bits per heavy atom. The molecule has 9 nitrogen and oxygen atoms in total. The molecule has 1 aromatic carbocycles. The summed E-state index contributed by atoms with van der Waals surface area (Å²) in [7, 11) is 1.47. The highest BCUT2D eigenvalue weighted by Gasteiger charge is 2.49. The van der Waals surface area contributed by atoms with E-state index in [4.69, 9.17) is 9.47 Å². The smallest absolute Gasteiger partial charge is 0.325 e. The van der Waals surface area contributed by atoms with Gasteiger partial charge in [-0.2, -0.15) is 0 Å². The fourth-order valence-electron chi connectivity index (χ4n) is 2.90. The molecule has 1 unspecified atom stereocenters. The number of amides is 4. The van der Waals surface area contributed by atoms with Crippen LogP contribution in [0.2, 0.25) is 0 Å². The molecule has 152 valence electrons. The van der Waals surface area contributed by atoms with Crippen LogP contribution in [-0.2, 0) is 29.4 Å². The third-order valence-corrected chi connectivity index (χ3v) is 4.46. The number of hydrogen-bond acceptors (Lipinski definition) is 6. The molecule has 1 aliphatic heterocycles. The van der Waals surface area contributed by atoms with E-state index in [0.29, 0.717) is 5.56 Å². The molecule has 28 heavy (non-hydrogen) atoms. The molecule has 1 saturated heterocycles. The highest BCUT2D eigenvalue weighted by Crippen LogP contribution is 2.28. The Bertz CT molecular complexity index is 738. The second-order valence-corrected chi connectivity index (χ2v) is 6.43. The van der Waals surface area contributed by atoms with Crippen LogP contribution in [0.1, 0.15) is 19.4 Å². The van der Waals surface area contributed by atoms with Crippen LogP contribution in [0.25, 0.3) is 0 Å². The first-order valence-electron chi connectivity index (χ1n) is 8.95. The third-order valence-electron chi connectivity index (χ3n) is 4.46. The summed E-state index contributed by atoms with van der Waals surface area (Å²) in [6.45, 7) is 3.02. The van der Waals surface area contributed by atoms with Crippen LogP contribution in [0.15, 0.2) is 30.3 Å². The number of esters is 1. The standard InChI is InChI=1S/C19H25N3O6/c1-4-28-16(24)13-21(10-11-27-3)15(23)12-22-17(25)19(2,20-18(22)26)14-8-6-5-7-9-14/h5-9H,4,10-13H2,1-3H3,(H,20,26). The van der Waals surface area contributed by atoms with Crippen LogP contribution >= 0.6 is 0 Å². The van der Waals surface area contributed by atoms with Gasteiger partial charge in [0.05, 0.1) is 13.2 Å². The van der Waals surface area contributed by atoms with E-state index in [1.165, 1.54) is 12.0 Å². The molecule has 1 atom stereocenters. The second-order valence-electron chi connectivity index (χ2n) is 6.43. The number of imide groups is 1. The summed E-state index contributed by atoms with van der Waals surface area (Å²) in [6, 6.07) is 8.13. The summed E-state index contributed by atoms with van der Waals surface area (Å²) in [5.74, 6) is -1.65. The van der Waals surface area contributed by atoms with Gasteiger partial charge in [-0.05, 0) is 19.4 Å². The zero-order chi connectivity index (χ0) is 20.7. The van der Waals surface area contributed by atoms with Crippen LogP contribution in [0.5, 0.6) is 0 Å². The maximum absolute atomic E-state index is 12.9. The summed E-state index contributed by atoms with van der Waals surface area (Å²) < 4.78 is 9.83. The van der Waals surface area contributed by atoms with Crippen molar-refractivity contribution < 1.29 is 28.7 Å². The molecule has 1 fully saturated rings. The predicted molar refractivity (Wildman–Crippen MR) is 99.1 cm³/mol. The van der Waals surface area contributed by atoms with Crippen molar-refractivity contribution in [3.63, 3.8) is 0 Å². The lowest BCUT2D eigenvalue weighted by molar-refractivity contribution is -0.150. The van der Waals surface area contributed by atoms with E-state index in [0.717, 1.165) is 4.90 Å². The molecule has 1 aliphatic rings. The number of rotatable bonds is 9. The van der Waals surface area contributed by atoms with E-state index >= 15 is 0 Å². The molecule has 0 radical (unpaired) electrons. The van der Waals surface area contributed by atoms with Crippen molar-refractivity contribution in [2.45, 2.75) is 19.4 Å². The highest BCUT2D eigenvalue weighted by molar-refractivity contribution is 6.09. The number of hydrogen-bond donors (Lipinski definition) is 1. The lowest BCUT2D eigenvalue weighted by Gasteiger charge is -2.24. The normalized spacial score (nSPS) is 18.8. The van der Waals surface area contributed by atoms with Crippen molar-refractivity contribution in [1.82, 2.24) is 15.1 Å². The number of methoxy groups -OCH3 is 1. The van der Waals surface area contributed by atoms with Gasteiger partial charge in [-0.15, -0.1) is 0 Å². The third kappa shape index (κ3) is 4.66. The van der Waals surface area contributed by atoms with Crippen LogP contribution in [-0.4, -0.2) is 73.6 Å². The molecular formula is C19H25N3O6. The average Bonchev–Trinajstić information content (AvgIpc) is 2.90. The Hall–Kier alpha value is -2.94. The van der Waals surface area contributed by atoms with E-state index < -0.39 is 35.9 Å². The monoisotopic (exact) mass is 391 g/mol. The number of urea groups is 1. The predicted octanol–water partition coefficient (Wildman–Crippen LogP) is 0.492. The van der Waals surface area contributed by atoms with Crippen LogP contribution in [0, 0.1) is 0 Å². The number of benzene rings is 1. The van der Waals surface area contributed by atoms with Gasteiger partial charge in [0.1, 0.15) is 18.6 Å². The van der Waals surface area contributed by atoms with Gasteiger partial charge in [0.2, 0.25) is 5.91 Å². The molecule has 0 aliphatic carbocycles. The van der Waals surface area contributed by atoms with Crippen molar-refractivity contribution in [2.24, 2.45) is 0 Å². The average molecular weight is 391 g/mol. The molecule has 4 amide bonds. The van der Waals surface area contributed by atoms with Gasteiger partial charge >= 0.3 is 12.0 Å². The summed E-state index contributed by atoms with van der Waals surface area (Å²) in [6.07, 6.45) is 0. The fraction of sp³-hybridized carbons (Fsp3) is 0.474. The lowest BCUT2D eigenvalue weighted by Crippen LogP contribution is -2.47. The number of ether oxygens (including phenoxy) is 2. The van der Waals surface area contributed by atoms with Gasteiger partial charge in [-0.3, -0.25) is 19.3 Å². The Kier molecular flexibility index (Phi) is 7.11. The summed E-state index contributed by atoms with van der Waals surface area (Å²) in [5.41, 5.74) is -0.636. The van der Waals surface area contributed by atoms with Gasteiger partial charge in [-0.25, -0.2) is 4.79 Å². The molecule has 0 saturated carbocycles. The van der Waals surface area contributed by atoms with Crippen molar-refractivity contribution in [3.8, 4) is 0 Å². The molecule has 9 heteroatoms. The molecule has 0 aromatic heterocycles. The topological polar surface area (TPSA) is 105 Å². The van der Waals surface area contributed by atoms with E-state index in [1.807, 2.05) is 0 Å². The first kappa shape index (κ1) is 21.4. The van der Waals surface area contributed by atoms with E-state index in [-0.39, 0.29) is 26.3 Å². The molecule has 0 bridgehead atoms. The fourth-order valence-corrected chi connectivity index (χ4v) is 2.90. The summed E-state index contributed by atoms with van der Waals surface area (Å²) in [5, 5.41) is 2.65. The van der Waals surface area contributed by atoms with Crippen molar-refractivity contribution >= 4 is 23.8 Å². The van der Waals surface area contributed by atoms with Gasteiger partial charge < -0.3 is 19.7 Å². The van der Waals surface area contributed by atoms with Gasteiger partial charge in [-0.1, -0.05) is 30.3 Å². The van der Waals surface area contributed by atoms with Crippen molar-refractivity contribution in [1.29, 1.82) is 0 Å². The first-order valence-corrected chi connectivity index (χ1v) is 8.95. The molecule has 1 heterocycles. The Balaban J connectivity index is 2.13. The van der Waals surface area contributed by atoms with Gasteiger partial charge in [0.25, 0.3) is 5.91 Å². The lowest BCUT2D eigenvalue weighted by atomic mass is 9.92. The number of nitrogens with zero attached hydrogens (tertiary/aromatic N) is 2. The maximum Gasteiger partial charge on any atom is 0.325 e. The van der Waals surface area contributed by atoms with Gasteiger partial charge in [0, 0.05) is 13.7 Å². The molecule has 2 rings (SSSR count). The van der Waals surface area contributed by atoms with E-state index in [9.17, 15) is 19.2 Å². The minimum absolute atomic E-state index is 0.133. The minimum Gasteiger partial charge on any atom is -0.465 e. The van der Waals surface area contributed by atoms with Crippen LogP contribution in [0.3, 0.4) is 0 Å². The van der Waals surface area contributed by atoms with E-state index in [1.54, 1.807) is 44.2 Å². The largest absolute Gasteiger partial charge is 0.465 e. The molecule has 1 aromatic rings. The second kappa shape index (κ2) is 9.32. The van der Waals surface area contributed by atoms with Crippen LogP contribution in [0.4, 0.5) is 4.79 Å². The van der Waals surface area contributed by atoms with Crippen molar-refractivity contribution in [3.05, 3.63) is 35.9 Å². The SMILES string of the molecule is CCOC(=O)CN(CCOC)C(=O)CN1C(=O)NC(C)(c2ccccc2)C1=O. The van der Waals surface area contributed by atoms with Crippen LogP contribution < -0.4 is 5.32 Å². The number of nitrogens with one attached hydrogen (secondary N) is 1. The zero-order valence-electron chi connectivity index (χ0n) is 16.3. The Labute approximate surface area is 163 Å². The number of carbonyl (C=O) groups is 4. The first-order chi connectivity index (χ1) is 13.3. The van der Waals surface area contributed by atoms with E-state index in [2.05, 4.69) is 5.32 Å². The maximum atomic E-state index is 12.9. The van der Waals surface area contributed by atoms with Crippen molar-refractivity contribution in [2.75, 3.05) is 40.0 Å². The summed E-state index contributed by atoms with van der Waals surface area (Å²) in [4.78, 5) is 51.8. The Morgan fingerprint density at radius 3 is 2.50 bits per heavy atom. The molecular weight excluding hydrogens is 366 g/mol. The Morgan fingerprint density at radius 2 is 1.89 bits per heavy atom. The summed E-state index contributed by atoms with van der Waals surface area (Å²) >= 11 is 0. The molecule has 1 N–H and O–H groups in total. The molecule has 0 spiro atoms. The quantitative estimate of drug-likeness (QED) is 0.485. The number of carbonyl (C=O) groups excluding carboxylic acids is 4. The highest BCUT2D eigenvalue weighted by atomic mass is 16.5. The van der Waals surface area contributed by atoms with Gasteiger partial charge in [0.15, 0.2) is 0 Å². The minimum atomic E-state index is -1.25.